The predicted octanol–water partition coefficient (Wildman–Crippen LogP) is 2.40. The highest BCUT2D eigenvalue weighted by molar-refractivity contribution is 6.38. The zero-order valence-electron chi connectivity index (χ0n) is 7.17. The Morgan fingerprint density at radius 3 is 2.64 bits per heavy atom. The number of benzene rings is 1. The molecule has 1 heterocycles. The lowest BCUT2D eigenvalue weighted by Crippen LogP contribution is -2.01. The van der Waals surface area contributed by atoms with Crippen molar-refractivity contribution >= 4 is 34.1 Å². The van der Waals surface area contributed by atoms with Gasteiger partial charge in [-0.3, -0.25) is 0 Å². The van der Waals surface area contributed by atoms with Crippen LogP contribution in [0.3, 0.4) is 0 Å². The monoisotopic (exact) mass is 227 g/mol. The molecule has 0 bridgehead atoms. The van der Waals surface area contributed by atoms with Gasteiger partial charge >= 0.3 is 0 Å². The number of rotatable bonds is 1. The molecule has 2 N–H and O–H groups in total. The van der Waals surface area contributed by atoms with Crippen LogP contribution in [0.25, 0.3) is 10.9 Å². The van der Waals surface area contributed by atoms with Crippen molar-refractivity contribution < 1.29 is 0 Å². The lowest BCUT2D eigenvalue weighted by molar-refractivity contribution is 0.920. The molecule has 0 saturated heterocycles. The zero-order valence-corrected chi connectivity index (χ0v) is 8.68. The molecular weight excluding hydrogens is 221 g/mol. The van der Waals surface area contributed by atoms with E-state index in [1.165, 1.54) is 0 Å². The molecule has 72 valence electrons. The third-order valence-corrected chi connectivity index (χ3v) is 2.37. The molecule has 2 rings (SSSR count). The molecule has 2 aromatic rings. The van der Waals surface area contributed by atoms with Crippen LogP contribution in [-0.4, -0.2) is 10.2 Å². The van der Waals surface area contributed by atoms with Crippen molar-refractivity contribution in [1.29, 1.82) is 0 Å². The molecule has 0 aliphatic rings. The first-order valence-corrected chi connectivity index (χ1v) is 4.77. The van der Waals surface area contributed by atoms with Gasteiger partial charge in [-0.05, 0) is 18.2 Å². The van der Waals surface area contributed by atoms with Crippen LogP contribution in [0.15, 0.2) is 18.2 Å². The van der Waals surface area contributed by atoms with E-state index in [1.807, 2.05) is 6.07 Å². The van der Waals surface area contributed by atoms with Gasteiger partial charge in [0.2, 0.25) is 0 Å². The average Bonchev–Trinajstić information content (AvgIpc) is 2.16. The number of fused-ring (bicyclic) bond motifs is 1. The van der Waals surface area contributed by atoms with Gasteiger partial charge in [-0.1, -0.05) is 23.2 Å². The Kier molecular flexibility index (Phi) is 2.54. The van der Waals surface area contributed by atoms with E-state index >= 15 is 0 Å². The molecule has 0 aliphatic carbocycles. The fraction of sp³-hybridized carbons (Fsp3) is 0.111. The summed E-state index contributed by atoms with van der Waals surface area (Å²) in [6.45, 7) is 0.354. The molecule has 0 saturated carbocycles. The van der Waals surface area contributed by atoms with Gasteiger partial charge in [-0.25, -0.2) is 0 Å². The van der Waals surface area contributed by atoms with Crippen LogP contribution in [0.5, 0.6) is 0 Å². The molecule has 0 radical (unpaired) electrons. The van der Waals surface area contributed by atoms with E-state index in [1.54, 1.807) is 12.1 Å². The van der Waals surface area contributed by atoms with Crippen molar-refractivity contribution in [2.24, 2.45) is 5.73 Å². The minimum Gasteiger partial charge on any atom is -0.325 e. The normalized spacial score (nSPS) is 10.8. The number of hydrogen-bond donors (Lipinski definition) is 1. The second-order valence-electron chi connectivity index (χ2n) is 2.87. The van der Waals surface area contributed by atoms with Gasteiger partial charge < -0.3 is 5.73 Å². The van der Waals surface area contributed by atoms with Crippen LogP contribution in [0.2, 0.25) is 10.0 Å². The molecule has 0 unspecified atom stereocenters. The largest absolute Gasteiger partial charge is 0.325 e. The van der Waals surface area contributed by atoms with E-state index in [4.69, 9.17) is 28.9 Å². The molecule has 14 heavy (non-hydrogen) atoms. The number of halogens is 2. The van der Waals surface area contributed by atoms with Crippen LogP contribution in [-0.2, 0) is 6.54 Å². The Morgan fingerprint density at radius 1 is 1.14 bits per heavy atom. The van der Waals surface area contributed by atoms with E-state index in [9.17, 15) is 0 Å². The summed E-state index contributed by atoms with van der Waals surface area (Å²) in [4.78, 5) is 0. The number of aromatic nitrogens is 2. The summed E-state index contributed by atoms with van der Waals surface area (Å²) in [5, 5.41) is 9.83. The Morgan fingerprint density at radius 2 is 1.93 bits per heavy atom. The fourth-order valence-electron chi connectivity index (χ4n) is 1.22. The summed E-state index contributed by atoms with van der Waals surface area (Å²) in [6, 6.07) is 5.26. The molecule has 1 aromatic heterocycles. The average molecular weight is 228 g/mol. The molecule has 0 amide bonds. The van der Waals surface area contributed by atoms with Gasteiger partial charge in [0.15, 0.2) is 0 Å². The second-order valence-corrected chi connectivity index (χ2v) is 3.71. The quantitative estimate of drug-likeness (QED) is 0.815. The fourth-order valence-corrected chi connectivity index (χ4v) is 1.77. The Balaban J connectivity index is 2.75. The molecule has 0 fully saturated rings. The Bertz CT molecular complexity index is 485. The highest BCUT2D eigenvalue weighted by atomic mass is 35.5. The summed E-state index contributed by atoms with van der Waals surface area (Å²) in [5.74, 6) is 0. The van der Waals surface area contributed by atoms with Crippen LogP contribution < -0.4 is 5.73 Å². The topological polar surface area (TPSA) is 51.8 Å². The zero-order chi connectivity index (χ0) is 10.1. The van der Waals surface area contributed by atoms with Crippen molar-refractivity contribution in [1.82, 2.24) is 10.2 Å². The summed E-state index contributed by atoms with van der Waals surface area (Å²) in [5.41, 5.74) is 6.81. The molecular formula is C9H7Cl2N3. The maximum atomic E-state index is 5.94. The van der Waals surface area contributed by atoms with E-state index < -0.39 is 0 Å². The molecule has 5 heteroatoms. The summed E-state index contributed by atoms with van der Waals surface area (Å²) in [7, 11) is 0. The van der Waals surface area contributed by atoms with Gasteiger partial charge in [0, 0.05) is 17.0 Å². The molecule has 0 atom stereocenters. The first-order chi connectivity index (χ1) is 6.70. The Labute approximate surface area is 90.8 Å². The SMILES string of the molecule is NCc1cc2cc(Cl)cc(Cl)c2nn1. The molecule has 0 aliphatic heterocycles. The summed E-state index contributed by atoms with van der Waals surface area (Å²) in [6.07, 6.45) is 0. The van der Waals surface area contributed by atoms with E-state index in [0.29, 0.717) is 22.1 Å². The van der Waals surface area contributed by atoms with Gasteiger partial charge in [-0.2, -0.15) is 5.10 Å². The van der Waals surface area contributed by atoms with Crippen LogP contribution in [0.4, 0.5) is 0 Å². The van der Waals surface area contributed by atoms with E-state index in [0.717, 1.165) is 11.1 Å². The highest BCUT2D eigenvalue weighted by Gasteiger charge is 2.04. The highest BCUT2D eigenvalue weighted by Crippen LogP contribution is 2.25. The van der Waals surface area contributed by atoms with Crippen molar-refractivity contribution in [2.75, 3.05) is 0 Å². The van der Waals surface area contributed by atoms with Gasteiger partial charge in [0.05, 0.1) is 10.7 Å². The van der Waals surface area contributed by atoms with Crippen molar-refractivity contribution in [3.63, 3.8) is 0 Å². The maximum absolute atomic E-state index is 5.94. The van der Waals surface area contributed by atoms with Crippen LogP contribution in [0, 0.1) is 0 Å². The molecule has 3 nitrogen and oxygen atoms in total. The Hall–Kier alpha value is -0.900. The predicted molar refractivity (Wildman–Crippen MR) is 57.4 cm³/mol. The third kappa shape index (κ3) is 1.66. The smallest absolute Gasteiger partial charge is 0.112 e. The first kappa shape index (κ1) is 9.65. The third-order valence-electron chi connectivity index (χ3n) is 1.87. The number of nitrogens with zero attached hydrogens (tertiary/aromatic N) is 2. The van der Waals surface area contributed by atoms with Gasteiger partial charge in [0.1, 0.15) is 5.52 Å². The minimum absolute atomic E-state index is 0.354. The molecule has 1 aromatic carbocycles. The standard InChI is InChI=1S/C9H7Cl2N3/c10-6-1-5-2-7(4-12)13-14-9(5)8(11)3-6/h1-3H,4,12H2. The van der Waals surface area contributed by atoms with Gasteiger partial charge in [-0.15, -0.1) is 5.10 Å². The number of nitrogens with two attached hydrogens (primary N) is 1. The van der Waals surface area contributed by atoms with Crippen LogP contribution in [0.1, 0.15) is 5.69 Å². The van der Waals surface area contributed by atoms with Crippen molar-refractivity contribution in [2.45, 2.75) is 6.54 Å². The van der Waals surface area contributed by atoms with E-state index in [-0.39, 0.29) is 0 Å². The minimum atomic E-state index is 0.354. The van der Waals surface area contributed by atoms with Crippen molar-refractivity contribution in [3.05, 3.63) is 33.9 Å². The summed E-state index contributed by atoms with van der Waals surface area (Å²) >= 11 is 11.8. The van der Waals surface area contributed by atoms with E-state index in [2.05, 4.69) is 10.2 Å². The summed E-state index contributed by atoms with van der Waals surface area (Å²) < 4.78 is 0. The second kappa shape index (κ2) is 3.69. The van der Waals surface area contributed by atoms with Crippen molar-refractivity contribution in [3.8, 4) is 0 Å². The maximum Gasteiger partial charge on any atom is 0.112 e. The first-order valence-electron chi connectivity index (χ1n) is 4.02. The molecule has 0 spiro atoms. The lowest BCUT2D eigenvalue weighted by Gasteiger charge is -2.01. The number of hydrogen-bond acceptors (Lipinski definition) is 3. The van der Waals surface area contributed by atoms with Crippen LogP contribution >= 0.6 is 23.2 Å². The van der Waals surface area contributed by atoms with Gasteiger partial charge in [0.25, 0.3) is 0 Å². The lowest BCUT2D eigenvalue weighted by atomic mass is 10.2.